The summed E-state index contributed by atoms with van der Waals surface area (Å²) in [6, 6.07) is 10.2. The molecule has 2 aromatic rings. The van der Waals surface area contributed by atoms with E-state index in [0.29, 0.717) is 25.5 Å². The van der Waals surface area contributed by atoms with Gasteiger partial charge in [-0.05, 0) is 18.4 Å². The summed E-state index contributed by atoms with van der Waals surface area (Å²) in [6.45, 7) is 2.58. The quantitative estimate of drug-likeness (QED) is 0.921. The zero-order valence-corrected chi connectivity index (χ0v) is 14.0. The Hall–Kier alpha value is -2.41. The van der Waals surface area contributed by atoms with Crippen LogP contribution in [0.4, 0.5) is 4.79 Å². The van der Waals surface area contributed by atoms with Gasteiger partial charge in [0.05, 0.1) is 6.10 Å². The second kappa shape index (κ2) is 7.23. The molecule has 0 radical (unpaired) electrons. The van der Waals surface area contributed by atoms with Crippen molar-refractivity contribution in [2.75, 3.05) is 26.2 Å². The Morgan fingerprint density at radius 2 is 2.08 bits per heavy atom. The van der Waals surface area contributed by atoms with Gasteiger partial charge >= 0.3 is 6.03 Å². The van der Waals surface area contributed by atoms with Crippen LogP contribution in [-0.2, 0) is 4.74 Å². The van der Waals surface area contributed by atoms with E-state index in [1.807, 2.05) is 23.1 Å². The van der Waals surface area contributed by atoms with Gasteiger partial charge < -0.3 is 19.5 Å². The third-order valence-corrected chi connectivity index (χ3v) is 5.05. The number of carbonyl (C=O) groups excluding carboxylic acids is 1. The van der Waals surface area contributed by atoms with Crippen molar-refractivity contribution in [3.05, 3.63) is 48.1 Å². The second-order valence-electron chi connectivity index (χ2n) is 6.64. The molecule has 132 valence electrons. The van der Waals surface area contributed by atoms with Gasteiger partial charge in [-0.2, -0.15) is 4.98 Å². The Labute approximate surface area is 146 Å². The van der Waals surface area contributed by atoms with Gasteiger partial charge in [0.1, 0.15) is 0 Å². The van der Waals surface area contributed by atoms with Gasteiger partial charge in [0, 0.05) is 38.1 Å². The Bertz CT molecular complexity index is 686. The van der Waals surface area contributed by atoms with Crippen LogP contribution in [0.25, 0.3) is 0 Å². The summed E-state index contributed by atoms with van der Waals surface area (Å²) in [5.74, 6) is 0.852. The number of nitrogens with one attached hydrogen (secondary N) is 1. The van der Waals surface area contributed by atoms with Crippen molar-refractivity contribution in [3.63, 3.8) is 0 Å². The first kappa shape index (κ1) is 16.1. The lowest BCUT2D eigenvalue weighted by atomic mass is 9.88. The van der Waals surface area contributed by atoms with E-state index in [0.717, 1.165) is 19.4 Å². The number of hydrogen-bond acceptors (Lipinski definition) is 5. The molecule has 0 aliphatic carbocycles. The zero-order chi connectivity index (χ0) is 17.1. The summed E-state index contributed by atoms with van der Waals surface area (Å²) in [7, 11) is 0. The van der Waals surface area contributed by atoms with Crippen molar-refractivity contribution in [1.82, 2.24) is 20.4 Å². The van der Waals surface area contributed by atoms with Gasteiger partial charge in [0.2, 0.25) is 6.39 Å². The first-order valence-corrected chi connectivity index (χ1v) is 8.77. The Kier molecular flexibility index (Phi) is 4.65. The number of nitrogens with zero attached hydrogens (tertiary/aromatic N) is 3. The highest BCUT2D eigenvalue weighted by atomic mass is 16.5. The van der Waals surface area contributed by atoms with Crippen molar-refractivity contribution >= 4 is 6.03 Å². The van der Waals surface area contributed by atoms with Gasteiger partial charge in [-0.25, -0.2) is 4.79 Å². The molecular weight excluding hydrogens is 320 g/mol. The van der Waals surface area contributed by atoms with Gasteiger partial charge in [0.25, 0.3) is 0 Å². The van der Waals surface area contributed by atoms with Crippen LogP contribution in [0.2, 0.25) is 0 Å². The van der Waals surface area contributed by atoms with Crippen molar-refractivity contribution in [1.29, 1.82) is 0 Å². The number of benzene rings is 1. The minimum atomic E-state index is -0.0533. The Morgan fingerprint density at radius 1 is 1.24 bits per heavy atom. The maximum absolute atomic E-state index is 12.6. The van der Waals surface area contributed by atoms with Crippen LogP contribution in [0.3, 0.4) is 0 Å². The molecule has 2 fully saturated rings. The summed E-state index contributed by atoms with van der Waals surface area (Å²) < 4.78 is 10.5. The van der Waals surface area contributed by atoms with Crippen LogP contribution in [0.5, 0.6) is 0 Å². The first-order chi connectivity index (χ1) is 12.3. The molecule has 1 N–H and O–H groups in total. The molecule has 4 rings (SSSR count). The minimum Gasteiger partial charge on any atom is -0.376 e. The van der Waals surface area contributed by atoms with Crippen molar-refractivity contribution in [3.8, 4) is 0 Å². The average molecular weight is 342 g/mol. The lowest BCUT2D eigenvalue weighted by molar-refractivity contribution is 0.109. The van der Waals surface area contributed by atoms with E-state index >= 15 is 0 Å². The van der Waals surface area contributed by atoms with Crippen molar-refractivity contribution in [2.24, 2.45) is 0 Å². The Morgan fingerprint density at radius 3 is 2.80 bits per heavy atom. The minimum absolute atomic E-state index is 0.0367. The third kappa shape index (κ3) is 3.51. The van der Waals surface area contributed by atoms with E-state index in [1.165, 1.54) is 12.0 Å². The van der Waals surface area contributed by atoms with Crippen molar-refractivity contribution in [2.45, 2.75) is 30.8 Å². The van der Waals surface area contributed by atoms with Crippen LogP contribution >= 0.6 is 0 Å². The molecule has 0 saturated carbocycles. The van der Waals surface area contributed by atoms with E-state index < -0.39 is 0 Å². The molecular formula is C18H22N4O3. The third-order valence-electron chi connectivity index (χ3n) is 5.05. The van der Waals surface area contributed by atoms with E-state index in [2.05, 4.69) is 27.6 Å². The molecule has 1 aromatic carbocycles. The summed E-state index contributed by atoms with van der Waals surface area (Å²) in [5, 5.41) is 7.01. The Balaban J connectivity index is 1.46. The highest BCUT2D eigenvalue weighted by Crippen LogP contribution is 2.38. The second-order valence-corrected chi connectivity index (χ2v) is 6.64. The molecule has 2 aliphatic rings. The molecule has 25 heavy (non-hydrogen) atoms. The smallest absolute Gasteiger partial charge is 0.317 e. The number of carbonyl (C=O) groups is 1. The van der Waals surface area contributed by atoms with E-state index in [-0.39, 0.29) is 24.0 Å². The van der Waals surface area contributed by atoms with E-state index in [9.17, 15) is 4.79 Å². The van der Waals surface area contributed by atoms with Crippen LogP contribution in [0.15, 0.2) is 41.2 Å². The summed E-state index contributed by atoms with van der Waals surface area (Å²) in [4.78, 5) is 18.7. The molecule has 2 aliphatic heterocycles. The predicted octanol–water partition coefficient (Wildman–Crippen LogP) is 2.14. The number of ether oxygens (including phenoxy) is 1. The highest BCUT2D eigenvalue weighted by molar-refractivity contribution is 5.75. The number of hydrogen-bond donors (Lipinski definition) is 1. The number of aromatic nitrogens is 2. The number of likely N-dealkylation sites (tertiary alicyclic amines) is 1. The molecule has 1 aromatic heterocycles. The van der Waals surface area contributed by atoms with Gasteiger partial charge in [-0.1, -0.05) is 35.5 Å². The number of amides is 2. The fourth-order valence-electron chi connectivity index (χ4n) is 3.73. The van der Waals surface area contributed by atoms with E-state index in [1.54, 1.807) is 0 Å². The van der Waals surface area contributed by atoms with E-state index in [4.69, 9.17) is 9.26 Å². The maximum atomic E-state index is 12.6. The molecule has 0 spiro atoms. The fraction of sp³-hybridized carbons (Fsp3) is 0.500. The standard InChI is InChI=1S/C18H22N4O3/c23-18(19-9-14-7-4-8-24-14)22-10-15(13-5-2-1-3-6-13)16(11-22)17-20-12-25-21-17/h1-3,5-6,12,14-16H,4,7-11H2,(H,19,23)/t14-,15+,16-/m0/s1. The first-order valence-electron chi connectivity index (χ1n) is 8.77. The molecule has 2 amide bonds. The summed E-state index contributed by atoms with van der Waals surface area (Å²) in [5.41, 5.74) is 1.19. The normalized spacial score (nSPS) is 26.1. The molecule has 2 saturated heterocycles. The monoisotopic (exact) mass is 342 g/mol. The average Bonchev–Trinajstić information content (AvgIpc) is 3.41. The van der Waals surface area contributed by atoms with Gasteiger partial charge in [-0.3, -0.25) is 0 Å². The van der Waals surface area contributed by atoms with Crippen LogP contribution in [0, 0.1) is 0 Å². The molecule has 0 unspecified atom stereocenters. The SMILES string of the molecule is O=C(NC[C@@H]1CCCO1)N1C[C@H](c2ccccc2)[C@@H](c2ncon2)C1. The molecule has 7 heteroatoms. The summed E-state index contributed by atoms with van der Waals surface area (Å²) in [6.07, 6.45) is 3.57. The zero-order valence-electron chi connectivity index (χ0n) is 14.0. The number of rotatable bonds is 4. The van der Waals surface area contributed by atoms with Crippen molar-refractivity contribution < 1.29 is 14.1 Å². The maximum Gasteiger partial charge on any atom is 0.317 e. The molecule has 3 atom stereocenters. The molecule has 3 heterocycles. The van der Waals surface area contributed by atoms with Gasteiger partial charge in [-0.15, -0.1) is 0 Å². The molecule has 0 bridgehead atoms. The largest absolute Gasteiger partial charge is 0.376 e. The van der Waals surface area contributed by atoms with Crippen LogP contribution in [0.1, 0.15) is 36.1 Å². The fourth-order valence-corrected chi connectivity index (χ4v) is 3.73. The topological polar surface area (TPSA) is 80.5 Å². The summed E-state index contributed by atoms with van der Waals surface area (Å²) >= 11 is 0. The van der Waals surface area contributed by atoms with Gasteiger partial charge in [0.15, 0.2) is 5.82 Å². The highest BCUT2D eigenvalue weighted by Gasteiger charge is 2.39. The lowest BCUT2D eigenvalue weighted by Crippen LogP contribution is -2.41. The lowest BCUT2D eigenvalue weighted by Gasteiger charge is -2.19. The number of urea groups is 1. The van der Waals surface area contributed by atoms with Crippen LogP contribution in [-0.4, -0.2) is 53.4 Å². The van der Waals surface area contributed by atoms with Crippen LogP contribution < -0.4 is 5.32 Å². The predicted molar refractivity (Wildman–Crippen MR) is 90.2 cm³/mol. The molecule has 7 nitrogen and oxygen atoms in total.